The second-order valence-corrected chi connectivity index (χ2v) is 9.82. The fourth-order valence-corrected chi connectivity index (χ4v) is 4.85. The number of carbonyl (C=O) groups is 2. The highest BCUT2D eigenvalue weighted by Gasteiger charge is 2.46. The van der Waals surface area contributed by atoms with Gasteiger partial charge in [-0.15, -0.1) is 0 Å². The number of rotatable bonds is 8. The summed E-state index contributed by atoms with van der Waals surface area (Å²) in [4.78, 5) is 40.1. The van der Waals surface area contributed by atoms with Crippen molar-refractivity contribution in [2.75, 3.05) is 6.61 Å². The Bertz CT molecular complexity index is 1600. The van der Waals surface area contributed by atoms with Crippen molar-refractivity contribution in [1.82, 2.24) is 9.38 Å². The van der Waals surface area contributed by atoms with Crippen molar-refractivity contribution in [3.8, 4) is 5.75 Å². The van der Waals surface area contributed by atoms with Gasteiger partial charge in [-0.25, -0.2) is 0 Å². The summed E-state index contributed by atoms with van der Waals surface area (Å²) in [5, 5.41) is 51.6. The van der Waals surface area contributed by atoms with Gasteiger partial charge in [-0.2, -0.15) is 0 Å². The second kappa shape index (κ2) is 10.0. The average Bonchev–Trinajstić information content (AvgIpc) is 3.22. The van der Waals surface area contributed by atoms with Crippen molar-refractivity contribution in [1.29, 1.82) is 0 Å². The number of aliphatic carboxylic acids is 1. The number of aliphatic hydroxyl groups is 4. The Hall–Kier alpha value is -3.88. The minimum absolute atomic E-state index is 0.139. The predicted octanol–water partition coefficient (Wildman–Crippen LogP) is -0.216. The van der Waals surface area contributed by atoms with Gasteiger partial charge in [0.15, 0.2) is 5.75 Å². The topological polar surface area (TPSA) is 197 Å². The lowest BCUT2D eigenvalue weighted by Gasteiger charge is -2.40. The molecule has 5 rings (SSSR count). The van der Waals surface area contributed by atoms with E-state index in [0.29, 0.717) is 27.3 Å². The molecule has 0 unspecified atom stereocenters. The highest BCUT2D eigenvalue weighted by molar-refractivity contribution is 6.15. The number of ether oxygens (including phenoxy) is 3. The zero-order valence-corrected chi connectivity index (χ0v) is 20.6. The number of hydrogen-bond donors (Lipinski definition) is 5. The van der Waals surface area contributed by atoms with Crippen LogP contribution in [0.15, 0.2) is 47.4 Å². The standard InChI is InChI=1S/C26H26N2O11/c1-26(36,8-18(30)31)9-19(32)37-11-16-22(33)23(34)24(35)25(39-16)38-15-10-27-13-6-7-17(29)28-14-5-3-2-4-12(14)20(15)21(13)28/h2-7,10,16,22-25,33-36H,8-9,11H2,1H3,(H,30,31)/t16-,22-,23+,24-,25-,26-/m1/s1. The van der Waals surface area contributed by atoms with Crippen molar-refractivity contribution < 1.29 is 49.3 Å². The number of para-hydroxylation sites is 1. The fourth-order valence-electron chi connectivity index (χ4n) is 4.85. The van der Waals surface area contributed by atoms with Crippen molar-refractivity contribution >= 4 is 39.3 Å². The van der Waals surface area contributed by atoms with E-state index >= 15 is 0 Å². The average molecular weight is 542 g/mol. The van der Waals surface area contributed by atoms with E-state index in [9.17, 15) is 34.8 Å². The molecule has 13 heteroatoms. The summed E-state index contributed by atoms with van der Waals surface area (Å²) in [6.07, 6.45) is -7.92. The number of pyridine rings is 2. The third-order valence-electron chi connectivity index (χ3n) is 6.67. The molecule has 4 aromatic rings. The summed E-state index contributed by atoms with van der Waals surface area (Å²) in [5.74, 6) is -2.13. The van der Waals surface area contributed by atoms with Gasteiger partial charge in [-0.1, -0.05) is 18.2 Å². The van der Waals surface area contributed by atoms with Crippen LogP contribution in [0.3, 0.4) is 0 Å². The minimum Gasteiger partial charge on any atom is -0.481 e. The summed E-state index contributed by atoms with van der Waals surface area (Å²) in [6.45, 7) is 0.579. The van der Waals surface area contributed by atoms with E-state index < -0.39 is 67.7 Å². The summed E-state index contributed by atoms with van der Waals surface area (Å²) >= 11 is 0. The maximum Gasteiger partial charge on any atom is 0.308 e. The van der Waals surface area contributed by atoms with E-state index in [0.717, 1.165) is 6.92 Å². The van der Waals surface area contributed by atoms with E-state index in [-0.39, 0.29) is 11.3 Å². The van der Waals surface area contributed by atoms with E-state index in [1.807, 2.05) is 0 Å². The summed E-state index contributed by atoms with van der Waals surface area (Å²) in [7, 11) is 0. The number of hydrogen-bond acceptors (Lipinski definition) is 11. The molecule has 1 aliphatic rings. The molecule has 1 aromatic carbocycles. The van der Waals surface area contributed by atoms with E-state index in [4.69, 9.17) is 19.3 Å². The van der Waals surface area contributed by atoms with Gasteiger partial charge in [0.2, 0.25) is 6.29 Å². The minimum atomic E-state index is -1.86. The van der Waals surface area contributed by atoms with E-state index in [1.54, 1.807) is 30.3 Å². The number of aliphatic hydroxyl groups excluding tert-OH is 3. The quantitative estimate of drug-likeness (QED) is 0.184. The second-order valence-electron chi connectivity index (χ2n) is 9.82. The monoisotopic (exact) mass is 542 g/mol. The molecule has 6 atom stereocenters. The highest BCUT2D eigenvalue weighted by atomic mass is 16.7. The molecule has 0 spiro atoms. The number of carboxylic acid groups (broad SMARTS) is 1. The van der Waals surface area contributed by atoms with E-state index in [1.165, 1.54) is 16.7 Å². The Morgan fingerprint density at radius 3 is 2.56 bits per heavy atom. The molecular weight excluding hydrogens is 516 g/mol. The lowest BCUT2D eigenvalue weighted by molar-refractivity contribution is -0.278. The van der Waals surface area contributed by atoms with Crippen LogP contribution in [0.25, 0.3) is 27.3 Å². The van der Waals surface area contributed by atoms with Gasteiger partial charge in [0.05, 0.1) is 46.6 Å². The molecule has 4 heterocycles. The third-order valence-corrected chi connectivity index (χ3v) is 6.67. The van der Waals surface area contributed by atoms with Crippen LogP contribution >= 0.6 is 0 Å². The van der Waals surface area contributed by atoms with Crippen molar-refractivity contribution in [2.24, 2.45) is 0 Å². The van der Waals surface area contributed by atoms with Crippen molar-refractivity contribution in [3.05, 3.63) is 52.9 Å². The highest BCUT2D eigenvalue weighted by Crippen LogP contribution is 2.37. The van der Waals surface area contributed by atoms with Gasteiger partial charge in [0.1, 0.15) is 31.0 Å². The molecule has 1 aliphatic heterocycles. The van der Waals surface area contributed by atoms with Crippen LogP contribution in [0.4, 0.5) is 0 Å². The van der Waals surface area contributed by atoms with Crippen LogP contribution in [0.1, 0.15) is 19.8 Å². The van der Waals surface area contributed by atoms with Gasteiger partial charge in [0.25, 0.3) is 5.56 Å². The number of benzene rings is 1. The summed E-state index contributed by atoms with van der Waals surface area (Å²) in [5.41, 5.74) is -0.503. The third kappa shape index (κ3) is 4.97. The molecular formula is C26H26N2O11. The molecule has 1 saturated heterocycles. The first-order valence-electron chi connectivity index (χ1n) is 12.1. The Morgan fingerprint density at radius 1 is 1.08 bits per heavy atom. The van der Waals surface area contributed by atoms with Crippen molar-refractivity contribution in [3.63, 3.8) is 0 Å². The molecule has 206 valence electrons. The Kier molecular flexibility index (Phi) is 6.86. The molecule has 0 saturated carbocycles. The van der Waals surface area contributed by atoms with Crippen LogP contribution in [-0.2, 0) is 19.1 Å². The number of fused-ring (bicyclic) bond motifs is 3. The van der Waals surface area contributed by atoms with Gasteiger partial charge in [-0.3, -0.25) is 23.8 Å². The van der Waals surface area contributed by atoms with E-state index in [2.05, 4.69) is 4.98 Å². The molecule has 13 nitrogen and oxygen atoms in total. The maximum absolute atomic E-state index is 12.7. The Labute approximate surface area is 219 Å². The number of nitrogens with zero attached hydrogens (tertiary/aromatic N) is 2. The SMILES string of the molecule is C[C@@](O)(CC(=O)O)CC(=O)OC[C@H]1O[C@@H](Oc2cnc3ccc(=O)n4c5ccccc5c2c34)[C@H](O)[C@@H](O)[C@@H]1O. The maximum atomic E-state index is 12.7. The van der Waals surface area contributed by atoms with Crippen LogP contribution in [0.2, 0.25) is 0 Å². The zero-order chi connectivity index (χ0) is 28.1. The molecule has 0 radical (unpaired) electrons. The summed E-state index contributed by atoms with van der Waals surface area (Å²) in [6, 6.07) is 10.1. The van der Waals surface area contributed by atoms with Crippen LogP contribution in [0, 0.1) is 0 Å². The molecule has 0 amide bonds. The normalized spacial score (nSPS) is 25.1. The first-order valence-corrected chi connectivity index (χ1v) is 12.1. The van der Waals surface area contributed by atoms with Gasteiger partial charge in [-0.05, 0) is 19.1 Å². The lowest BCUT2D eigenvalue weighted by Crippen LogP contribution is -2.60. The number of aromatic nitrogens is 2. The Balaban J connectivity index is 1.40. The molecule has 0 aliphatic carbocycles. The first kappa shape index (κ1) is 26.7. The predicted molar refractivity (Wildman–Crippen MR) is 133 cm³/mol. The van der Waals surface area contributed by atoms with Crippen LogP contribution in [0.5, 0.6) is 5.75 Å². The largest absolute Gasteiger partial charge is 0.481 e. The van der Waals surface area contributed by atoms with Gasteiger partial charge in [0, 0.05) is 11.5 Å². The Morgan fingerprint density at radius 2 is 1.82 bits per heavy atom. The summed E-state index contributed by atoms with van der Waals surface area (Å²) < 4.78 is 18.1. The van der Waals surface area contributed by atoms with Crippen molar-refractivity contribution in [2.45, 2.75) is 56.1 Å². The fraction of sp³-hybridized carbons (Fsp3) is 0.385. The molecule has 5 N–H and O–H groups in total. The smallest absolute Gasteiger partial charge is 0.308 e. The first-order chi connectivity index (χ1) is 18.5. The molecule has 1 fully saturated rings. The lowest BCUT2D eigenvalue weighted by atomic mass is 9.98. The van der Waals surface area contributed by atoms with Crippen LogP contribution < -0.4 is 10.3 Å². The van der Waals surface area contributed by atoms with Gasteiger partial charge >= 0.3 is 11.9 Å². The number of esters is 1. The van der Waals surface area contributed by atoms with Gasteiger partial charge < -0.3 is 39.7 Å². The number of carboxylic acids is 1. The molecule has 39 heavy (non-hydrogen) atoms. The molecule has 3 aromatic heterocycles. The molecule has 0 bridgehead atoms. The zero-order valence-electron chi connectivity index (χ0n) is 20.6. The number of carbonyl (C=O) groups excluding carboxylic acids is 1. The van der Waals surface area contributed by atoms with Crippen LogP contribution in [-0.4, -0.2) is 89.8 Å².